The maximum absolute atomic E-state index is 4.17. The van der Waals surface area contributed by atoms with Crippen LogP contribution in [0.25, 0.3) is 11.0 Å². The van der Waals surface area contributed by atoms with Gasteiger partial charge in [0, 0.05) is 20.2 Å². The van der Waals surface area contributed by atoms with Crippen molar-refractivity contribution in [3.05, 3.63) is 18.6 Å². The number of aryl methyl sites for hydroxylation is 1. The van der Waals surface area contributed by atoms with Crippen molar-refractivity contribution < 1.29 is 0 Å². The maximum Gasteiger partial charge on any atom is 0.127 e. The first-order valence-corrected chi connectivity index (χ1v) is 3.76. The molecule has 4 heteroatoms. The molecule has 2 aromatic rings. The van der Waals surface area contributed by atoms with E-state index in [1.807, 2.05) is 24.7 Å². The van der Waals surface area contributed by atoms with E-state index in [0.717, 1.165) is 16.9 Å². The van der Waals surface area contributed by atoms with Crippen molar-refractivity contribution in [2.75, 3.05) is 12.4 Å². The predicted molar refractivity (Wildman–Crippen MR) is 48.1 cm³/mol. The van der Waals surface area contributed by atoms with Crippen molar-refractivity contribution >= 4 is 16.9 Å². The minimum absolute atomic E-state index is 0.867. The van der Waals surface area contributed by atoms with E-state index in [2.05, 4.69) is 15.3 Å². The van der Waals surface area contributed by atoms with Crippen molar-refractivity contribution in [2.24, 2.45) is 7.05 Å². The summed E-state index contributed by atoms with van der Waals surface area (Å²) < 4.78 is 1.97. The van der Waals surface area contributed by atoms with E-state index >= 15 is 0 Å². The molecule has 0 saturated carbocycles. The summed E-state index contributed by atoms with van der Waals surface area (Å²) in [6, 6.07) is 1.97. The number of hydrogen-bond acceptors (Lipinski definition) is 3. The third-order valence-electron chi connectivity index (χ3n) is 1.87. The number of hydrogen-bond donors (Lipinski definition) is 1. The van der Waals surface area contributed by atoms with Gasteiger partial charge in [-0.1, -0.05) is 0 Å². The second-order valence-corrected chi connectivity index (χ2v) is 2.66. The molecule has 0 fully saturated rings. The van der Waals surface area contributed by atoms with Gasteiger partial charge in [-0.3, -0.25) is 0 Å². The molecule has 4 nitrogen and oxygen atoms in total. The first kappa shape index (κ1) is 7.09. The Morgan fingerprint density at radius 2 is 2.25 bits per heavy atom. The molecule has 12 heavy (non-hydrogen) atoms. The molecule has 0 saturated heterocycles. The SMILES string of the molecule is CNc1cc2c(cn1)ncn2C. The molecule has 2 rings (SSSR count). The molecule has 2 heterocycles. The highest BCUT2D eigenvalue weighted by atomic mass is 15.0. The van der Waals surface area contributed by atoms with Gasteiger partial charge >= 0.3 is 0 Å². The average molecular weight is 162 g/mol. The standard InChI is InChI=1S/C8H10N4/c1-9-8-3-7-6(4-10-8)11-5-12(7)2/h3-5H,1-2H3,(H,9,10). The molecule has 2 aromatic heterocycles. The number of nitrogens with one attached hydrogen (secondary N) is 1. The Hall–Kier alpha value is -1.58. The monoisotopic (exact) mass is 162 g/mol. The van der Waals surface area contributed by atoms with Gasteiger partial charge in [0.1, 0.15) is 11.3 Å². The van der Waals surface area contributed by atoms with Crippen LogP contribution in [0.3, 0.4) is 0 Å². The summed E-state index contributed by atoms with van der Waals surface area (Å²) in [6.07, 6.45) is 3.55. The smallest absolute Gasteiger partial charge is 0.127 e. The molecule has 62 valence electrons. The zero-order valence-corrected chi connectivity index (χ0v) is 7.07. The van der Waals surface area contributed by atoms with Crippen LogP contribution in [0, 0.1) is 0 Å². The van der Waals surface area contributed by atoms with Gasteiger partial charge in [-0.2, -0.15) is 0 Å². The second-order valence-electron chi connectivity index (χ2n) is 2.66. The first-order valence-electron chi connectivity index (χ1n) is 3.76. The van der Waals surface area contributed by atoms with Crippen LogP contribution in [0.4, 0.5) is 5.82 Å². The fourth-order valence-corrected chi connectivity index (χ4v) is 1.17. The van der Waals surface area contributed by atoms with Gasteiger partial charge in [0.15, 0.2) is 0 Å². The second kappa shape index (κ2) is 2.48. The fraction of sp³-hybridized carbons (Fsp3) is 0.250. The van der Waals surface area contributed by atoms with Crippen LogP contribution in [-0.2, 0) is 7.05 Å². The highest BCUT2D eigenvalue weighted by Gasteiger charge is 1.99. The van der Waals surface area contributed by atoms with Crippen LogP contribution in [0.5, 0.6) is 0 Å². The van der Waals surface area contributed by atoms with Gasteiger partial charge in [0.2, 0.25) is 0 Å². The Morgan fingerprint density at radius 1 is 1.42 bits per heavy atom. The van der Waals surface area contributed by atoms with E-state index in [1.165, 1.54) is 0 Å². The minimum Gasteiger partial charge on any atom is -0.373 e. The molecule has 0 atom stereocenters. The highest BCUT2D eigenvalue weighted by Crippen LogP contribution is 2.13. The van der Waals surface area contributed by atoms with Crippen molar-refractivity contribution in [3.8, 4) is 0 Å². The van der Waals surface area contributed by atoms with Crippen LogP contribution in [-0.4, -0.2) is 21.6 Å². The third kappa shape index (κ3) is 0.922. The summed E-state index contributed by atoms with van der Waals surface area (Å²) in [5.41, 5.74) is 2.02. The van der Waals surface area contributed by atoms with E-state index in [9.17, 15) is 0 Å². The first-order chi connectivity index (χ1) is 5.81. The van der Waals surface area contributed by atoms with Crippen molar-refractivity contribution in [1.29, 1.82) is 0 Å². The average Bonchev–Trinajstić information content (AvgIpc) is 2.47. The quantitative estimate of drug-likeness (QED) is 0.680. The lowest BCUT2D eigenvalue weighted by atomic mass is 10.4. The summed E-state index contributed by atoms with van der Waals surface area (Å²) >= 11 is 0. The normalized spacial score (nSPS) is 10.5. The molecule has 1 N–H and O–H groups in total. The molecule has 0 amide bonds. The number of pyridine rings is 1. The molecule has 0 spiro atoms. The Balaban J connectivity index is 2.71. The van der Waals surface area contributed by atoms with Crippen molar-refractivity contribution in [1.82, 2.24) is 14.5 Å². The van der Waals surface area contributed by atoms with Crippen LogP contribution in [0.1, 0.15) is 0 Å². The van der Waals surface area contributed by atoms with Gasteiger partial charge in [-0.05, 0) is 0 Å². The van der Waals surface area contributed by atoms with Crippen molar-refractivity contribution in [3.63, 3.8) is 0 Å². The Kier molecular flexibility index (Phi) is 1.46. The van der Waals surface area contributed by atoms with E-state index in [4.69, 9.17) is 0 Å². The Bertz CT molecular complexity index is 404. The molecular weight excluding hydrogens is 152 g/mol. The van der Waals surface area contributed by atoms with E-state index < -0.39 is 0 Å². The highest BCUT2D eigenvalue weighted by molar-refractivity contribution is 5.76. The number of fused-ring (bicyclic) bond motifs is 1. The molecule has 0 unspecified atom stereocenters. The molecule has 0 aliphatic carbocycles. The van der Waals surface area contributed by atoms with Crippen LogP contribution in [0.15, 0.2) is 18.6 Å². The van der Waals surface area contributed by atoms with Crippen LogP contribution >= 0.6 is 0 Å². The largest absolute Gasteiger partial charge is 0.373 e. The summed E-state index contributed by atoms with van der Waals surface area (Å²) in [5.74, 6) is 0.867. The predicted octanol–water partition coefficient (Wildman–Crippen LogP) is 1.01. The summed E-state index contributed by atoms with van der Waals surface area (Å²) in [6.45, 7) is 0. The molecule has 0 aliphatic rings. The van der Waals surface area contributed by atoms with E-state index in [0.29, 0.717) is 0 Å². The molecular formula is C8H10N4. The van der Waals surface area contributed by atoms with Gasteiger partial charge < -0.3 is 9.88 Å². The van der Waals surface area contributed by atoms with Gasteiger partial charge in [-0.15, -0.1) is 0 Å². The lowest BCUT2D eigenvalue weighted by Gasteiger charge is -1.98. The number of imidazole rings is 1. The zero-order valence-electron chi connectivity index (χ0n) is 7.07. The van der Waals surface area contributed by atoms with Crippen LogP contribution in [0.2, 0.25) is 0 Å². The summed E-state index contributed by atoms with van der Waals surface area (Å²) in [5, 5.41) is 2.98. The van der Waals surface area contributed by atoms with Crippen molar-refractivity contribution in [2.45, 2.75) is 0 Å². The van der Waals surface area contributed by atoms with Gasteiger partial charge in [-0.25, -0.2) is 9.97 Å². The molecule has 0 aliphatic heterocycles. The Morgan fingerprint density at radius 3 is 3.00 bits per heavy atom. The molecule has 0 bridgehead atoms. The number of anilines is 1. The summed E-state index contributed by atoms with van der Waals surface area (Å²) in [7, 11) is 3.82. The fourth-order valence-electron chi connectivity index (χ4n) is 1.17. The minimum atomic E-state index is 0.867. The van der Waals surface area contributed by atoms with Crippen LogP contribution < -0.4 is 5.32 Å². The maximum atomic E-state index is 4.17. The van der Waals surface area contributed by atoms with Gasteiger partial charge in [0.25, 0.3) is 0 Å². The van der Waals surface area contributed by atoms with Gasteiger partial charge in [0.05, 0.1) is 18.0 Å². The molecule has 0 aromatic carbocycles. The van der Waals surface area contributed by atoms with E-state index in [-0.39, 0.29) is 0 Å². The van der Waals surface area contributed by atoms with E-state index in [1.54, 1.807) is 12.5 Å². The number of aromatic nitrogens is 3. The lowest BCUT2D eigenvalue weighted by molar-refractivity contribution is 0.947. The Labute approximate surface area is 70.3 Å². The molecule has 0 radical (unpaired) electrons. The topological polar surface area (TPSA) is 42.7 Å². The lowest BCUT2D eigenvalue weighted by Crippen LogP contribution is -1.92. The number of nitrogens with zero attached hydrogens (tertiary/aromatic N) is 3. The number of rotatable bonds is 1. The zero-order chi connectivity index (χ0) is 8.55. The third-order valence-corrected chi connectivity index (χ3v) is 1.87. The summed E-state index contributed by atoms with van der Waals surface area (Å²) in [4.78, 5) is 8.32.